The molecule has 5 rings (SSSR count). The van der Waals surface area contributed by atoms with Gasteiger partial charge in [0.15, 0.2) is 0 Å². The third-order valence-corrected chi connectivity index (χ3v) is 16.3. The maximum absolute atomic E-state index is 14.3. The third kappa shape index (κ3) is 4.37. The number of carbonyl (C=O) groups excluding carboxylic acids is 1. The number of aliphatic hydroxyl groups excluding tert-OH is 1. The van der Waals surface area contributed by atoms with Crippen molar-refractivity contribution >= 4 is 5.97 Å². The van der Waals surface area contributed by atoms with Gasteiger partial charge in [0, 0.05) is 0 Å². The molecule has 0 saturated heterocycles. The molecule has 1 N–H and O–H groups in total. The number of hydrogen-bond acceptors (Lipinski definition) is 3. The zero-order valence-corrected chi connectivity index (χ0v) is 29.0. The second-order valence-electron chi connectivity index (χ2n) is 17.4. The second kappa shape index (κ2) is 10.9. The third-order valence-electron chi connectivity index (χ3n) is 16.3. The molecule has 5 aliphatic carbocycles. The Balaban J connectivity index is 1.45. The molecular formula is C38H66NO3+. The highest BCUT2D eigenvalue weighted by atomic mass is 16.5. The summed E-state index contributed by atoms with van der Waals surface area (Å²) in [6.45, 7) is 30.9. The fraction of sp³-hybridized carbons (Fsp3) is 0.921. The molecule has 4 nitrogen and oxygen atoms in total. The van der Waals surface area contributed by atoms with Crippen LogP contribution in [-0.2, 0) is 9.53 Å². The summed E-state index contributed by atoms with van der Waals surface area (Å²) < 4.78 is 7.35. The molecular weight excluding hydrogens is 518 g/mol. The molecule has 0 aromatic heterocycles. The Kier molecular flexibility index (Phi) is 8.43. The molecule has 0 heterocycles. The Labute approximate surface area is 259 Å². The fourth-order valence-electron chi connectivity index (χ4n) is 13.1. The molecule has 10 atom stereocenters. The first-order chi connectivity index (χ1) is 19.6. The largest absolute Gasteiger partial charge is 0.459 e. The van der Waals surface area contributed by atoms with E-state index in [0.717, 1.165) is 69.2 Å². The van der Waals surface area contributed by atoms with Crippen LogP contribution >= 0.6 is 0 Å². The summed E-state index contributed by atoms with van der Waals surface area (Å²) in [6, 6.07) is 0. The van der Waals surface area contributed by atoms with Gasteiger partial charge in [-0.15, -0.1) is 0 Å². The molecule has 0 bridgehead atoms. The lowest BCUT2D eigenvalue weighted by atomic mass is 9.32. The summed E-state index contributed by atoms with van der Waals surface area (Å²) in [6.07, 6.45) is 11.1. The van der Waals surface area contributed by atoms with Crippen molar-refractivity contribution in [1.29, 1.82) is 0 Å². The zero-order chi connectivity index (χ0) is 30.9. The molecule has 0 amide bonds. The van der Waals surface area contributed by atoms with Gasteiger partial charge in [0.05, 0.1) is 31.2 Å². The maximum Gasteiger partial charge on any atom is 0.312 e. The highest BCUT2D eigenvalue weighted by Gasteiger charge is 2.72. The SMILES string of the molecule is C=C(C)[C@@H]1CC[C@]2(C(=O)OCC[N+](CC)(CC)CC)CC[C@]3(C)[C@H](CC[C@@H]4[C@@]5(C)CC[C@H](O)C(C)(C)[C@@H]5CC[C@]43C)[C@@H]12. The van der Waals surface area contributed by atoms with Crippen molar-refractivity contribution < 1.29 is 19.1 Å². The molecule has 0 aromatic carbocycles. The van der Waals surface area contributed by atoms with Crippen LogP contribution in [0.4, 0.5) is 0 Å². The van der Waals surface area contributed by atoms with Crippen LogP contribution in [0.1, 0.15) is 127 Å². The summed E-state index contributed by atoms with van der Waals surface area (Å²) >= 11 is 0. The predicted octanol–water partition coefficient (Wildman–Crippen LogP) is 8.42. The van der Waals surface area contributed by atoms with Crippen molar-refractivity contribution in [2.45, 2.75) is 133 Å². The van der Waals surface area contributed by atoms with Gasteiger partial charge in [0.1, 0.15) is 13.2 Å². The predicted molar refractivity (Wildman–Crippen MR) is 173 cm³/mol. The van der Waals surface area contributed by atoms with Gasteiger partial charge < -0.3 is 14.3 Å². The minimum absolute atomic E-state index is 0.0162. The molecule has 0 aliphatic heterocycles. The van der Waals surface area contributed by atoms with Gasteiger partial charge in [-0.05, 0) is 143 Å². The van der Waals surface area contributed by atoms with Gasteiger partial charge in [0.25, 0.3) is 0 Å². The van der Waals surface area contributed by atoms with Gasteiger partial charge in [-0.25, -0.2) is 0 Å². The Morgan fingerprint density at radius 2 is 1.50 bits per heavy atom. The highest BCUT2D eigenvalue weighted by Crippen LogP contribution is 2.77. The van der Waals surface area contributed by atoms with Gasteiger partial charge in [0.2, 0.25) is 0 Å². The summed E-state index contributed by atoms with van der Waals surface area (Å²) in [4.78, 5) is 14.3. The van der Waals surface area contributed by atoms with Crippen molar-refractivity contribution in [3.8, 4) is 0 Å². The summed E-state index contributed by atoms with van der Waals surface area (Å²) in [5.74, 6) is 2.71. The second-order valence-corrected chi connectivity index (χ2v) is 17.4. The topological polar surface area (TPSA) is 46.5 Å². The molecule has 42 heavy (non-hydrogen) atoms. The first kappa shape index (κ1) is 32.5. The lowest BCUT2D eigenvalue weighted by molar-refractivity contribution is -0.923. The Morgan fingerprint density at radius 3 is 2.12 bits per heavy atom. The molecule has 5 fully saturated rings. The van der Waals surface area contributed by atoms with E-state index >= 15 is 0 Å². The average molecular weight is 585 g/mol. The van der Waals surface area contributed by atoms with E-state index in [9.17, 15) is 9.90 Å². The van der Waals surface area contributed by atoms with E-state index in [-0.39, 0.29) is 39.1 Å². The van der Waals surface area contributed by atoms with E-state index in [2.05, 4.69) is 68.9 Å². The molecule has 0 radical (unpaired) electrons. The lowest BCUT2D eigenvalue weighted by Gasteiger charge is -2.72. The number of carbonyl (C=O) groups is 1. The van der Waals surface area contributed by atoms with E-state index < -0.39 is 0 Å². The van der Waals surface area contributed by atoms with Gasteiger partial charge in [-0.1, -0.05) is 46.8 Å². The minimum Gasteiger partial charge on any atom is -0.459 e. The number of nitrogens with zero attached hydrogens (tertiary/aromatic N) is 1. The van der Waals surface area contributed by atoms with E-state index in [1.54, 1.807) is 0 Å². The normalized spacial score (nSPS) is 46.1. The minimum atomic E-state index is -0.338. The number of quaternary nitrogens is 1. The van der Waals surface area contributed by atoms with Crippen LogP contribution in [0.2, 0.25) is 0 Å². The summed E-state index contributed by atoms with van der Waals surface area (Å²) in [5, 5.41) is 11.0. The summed E-state index contributed by atoms with van der Waals surface area (Å²) in [7, 11) is 0. The van der Waals surface area contributed by atoms with Crippen molar-refractivity contribution in [2.24, 2.45) is 56.7 Å². The van der Waals surface area contributed by atoms with Crippen LogP contribution in [0.15, 0.2) is 12.2 Å². The molecule has 4 heteroatoms. The van der Waals surface area contributed by atoms with Crippen LogP contribution in [0.25, 0.3) is 0 Å². The maximum atomic E-state index is 14.3. The number of rotatable bonds is 8. The molecule has 240 valence electrons. The first-order valence-corrected chi connectivity index (χ1v) is 18.0. The zero-order valence-electron chi connectivity index (χ0n) is 29.0. The van der Waals surface area contributed by atoms with Crippen LogP contribution in [0.3, 0.4) is 0 Å². The van der Waals surface area contributed by atoms with Gasteiger partial charge in [-0.2, -0.15) is 0 Å². The van der Waals surface area contributed by atoms with E-state index in [1.165, 1.54) is 31.3 Å². The monoisotopic (exact) mass is 585 g/mol. The van der Waals surface area contributed by atoms with Crippen LogP contribution < -0.4 is 0 Å². The molecule has 0 spiro atoms. The number of aliphatic hydroxyl groups is 1. The number of fused-ring (bicyclic) bond motifs is 7. The van der Waals surface area contributed by atoms with Gasteiger partial charge >= 0.3 is 5.97 Å². The first-order valence-electron chi connectivity index (χ1n) is 18.0. The smallest absolute Gasteiger partial charge is 0.312 e. The standard InChI is InChI=1S/C38H66NO3/c1-11-39(12-2,13-3)24-25-42-33(41)38-21-16-27(26(4)5)32(38)28-14-15-30-35(8)19-18-31(40)34(6,7)29(35)17-20-37(30,10)36(28,9)22-23-38/h27-32,40H,4,11-25H2,1-3,5-10H3/q+1/t27-,28+,29-,30+,31-,32+,35-,36+,37+,38-/m0/s1. The Bertz CT molecular complexity index is 1040. The van der Waals surface area contributed by atoms with Crippen LogP contribution in [0, 0.1) is 56.7 Å². The van der Waals surface area contributed by atoms with E-state index in [0.29, 0.717) is 36.2 Å². The number of likely N-dealkylation sites (N-methyl/N-ethyl adjacent to an activating group) is 1. The highest BCUT2D eigenvalue weighted by molar-refractivity contribution is 5.78. The van der Waals surface area contributed by atoms with Crippen molar-refractivity contribution in [3.05, 3.63) is 12.2 Å². The van der Waals surface area contributed by atoms with Crippen molar-refractivity contribution in [1.82, 2.24) is 0 Å². The quantitative estimate of drug-likeness (QED) is 0.177. The number of allylic oxidation sites excluding steroid dienone is 1. The molecule has 0 unspecified atom stereocenters. The number of hydrogen-bond donors (Lipinski definition) is 1. The van der Waals surface area contributed by atoms with Gasteiger partial charge in [-0.3, -0.25) is 4.79 Å². The lowest BCUT2D eigenvalue weighted by Crippen LogP contribution is -2.67. The Morgan fingerprint density at radius 1 is 0.833 bits per heavy atom. The molecule has 0 aromatic rings. The fourth-order valence-corrected chi connectivity index (χ4v) is 13.1. The number of ether oxygens (including phenoxy) is 1. The van der Waals surface area contributed by atoms with E-state index in [1.807, 2.05) is 0 Å². The van der Waals surface area contributed by atoms with Crippen molar-refractivity contribution in [2.75, 3.05) is 32.8 Å². The average Bonchev–Trinajstić information content (AvgIpc) is 3.35. The summed E-state index contributed by atoms with van der Waals surface area (Å²) in [5.41, 5.74) is 1.69. The molecule has 5 saturated carbocycles. The molecule has 5 aliphatic rings. The Hall–Kier alpha value is -0.870. The number of esters is 1. The van der Waals surface area contributed by atoms with Crippen molar-refractivity contribution in [3.63, 3.8) is 0 Å². The van der Waals surface area contributed by atoms with E-state index in [4.69, 9.17) is 4.74 Å². The van der Waals surface area contributed by atoms with Crippen LogP contribution in [0.5, 0.6) is 0 Å². The van der Waals surface area contributed by atoms with Crippen LogP contribution in [-0.4, -0.2) is 54.4 Å².